The summed E-state index contributed by atoms with van der Waals surface area (Å²) in [5.41, 5.74) is 2.94. The standard InChI is InChI=1S/C19H20F3N3O2/c1-11(2)17-9-16(24-25(17)10-19(20,21)22)15-8-7-14(23-15)12-3-5-13(6-4-12)18(26)27/h3-7,9,11,15,23H,8,10H2,1-2H3,(H,26,27). The first kappa shape index (κ1) is 19.0. The predicted molar refractivity (Wildman–Crippen MR) is 94.2 cm³/mol. The molecule has 1 unspecified atom stereocenters. The van der Waals surface area contributed by atoms with Gasteiger partial charge in [0.25, 0.3) is 0 Å². The Balaban J connectivity index is 1.77. The van der Waals surface area contributed by atoms with Crippen LogP contribution in [0.4, 0.5) is 13.2 Å². The number of rotatable bonds is 5. The highest BCUT2D eigenvalue weighted by atomic mass is 19.4. The van der Waals surface area contributed by atoms with Gasteiger partial charge >= 0.3 is 12.1 Å². The van der Waals surface area contributed by atoms with Crippen LogP contribution in [0.25, 0.3) is 5.70 Å². The second-order valence-corrected chi connectivity index (χ2v) is 6.85. The molecule has 3 rings (SSSR count). The number of hydrogen-bond donors (Lipinski definition) is 2. The fraction of sp³-hybridized carbons (Fsp3) is 0.368. The van der Waals surface area contributed by atoms with Crippen molar-refractivity contribution < 1.29 is 23.1 Å². The maximum Gasteiger partial charge on any atom is 0.408 e. The zero-order valence-electron chi connectivity index (χ0n) is 14.9. The first-order valence-corrected chi connectivity index (χ1v) is 8.59. The van der Waals surface area contributed by atoms with Gasteiger partial charge in [-0.15, -0.1) is 0 Å². The molecule has 1 atom stereocenters. The van der Waals surface area contributed by atoms with E-state index in [1.54, 1.807) is 18.2 Å². The van der Waals surface area contributed by atoms with Crippen molar-refractivity contribution in [2.45, 2.75) is 44.9 Å². The van der Waals surface area contributed by atoms with E-state index in [0.717, 1.165) is 15.9 Å². The highest BCUT2D eigenvalue weighted by Crippen LogP contribution is 2.31. The molecule has 0 amide bonds. The van der Waals surface area contributed by atoms with Gasteiger partial charge in [0.05, 0.1) is 17.3 Å². The first-order chi connectivity index (χ1) is 12.6. The third-order valence-corrected chi connectivity index (χ3v) is 4.44. The van der Waals surface area contributed by atoms with Gasteiger partial charge in [-0.25, -0.2) is 4.79 Å². The molecule has 0 saturated carbocycles. The van der Waals surface area contributed by atoms with Crippen molar-refractivity contribution in [1.82, 2.24) is 15.1 Å². The van der Waals surface area contributed by atoms with Crippen molar-refractivity contribution in [3.63, 3.8) is 0 Å². The lowest BCUT2D eigenvalue weighted by Crippen LogP contribution is -2.21. The minimum absolute atomic E-state index is 0.0778. The summed E-state index contributed by atoms with van der Waals surface area (Å²) in [6.45, 7) is 2.57. The average Bonchev–Trinajstić information content (AvgIpc) is 3.20. The lowest BCUT2D eigenvalue weighted by atomic mass is 10.1. The maximum atomic E-state index is 12.8. The Morgan fingerprint density at radius 1 is 1.33 bits per heavy atom. The number of halogens is 3. The van der Waals surface area contributed by atoms with Crippen LogP contribution in [0.3, 0.4) is 0 Å². The summed E-state index contributed by atoms with van der Waals surface area (Å²) in [4.78, 5) is 10.9. The van der Waals surface area contributed by atoms with E-state index in [2.05, 4.69) is 10.4 Å². The van der Waals surface area contributed by atoms with E-state index < -0.39 is 18.7 Å². The smallest absolute Gasteiger partial charge is 0.408 e. The molecule has 0 bridgehead atoms. The molecular formula is C19H20F3N3O2. The highest BCUT2D eigenvalue weighted by molar-refractivity contribution is 5.88. The van der Waals surface area contributed by atoms with E-state index in [1.165, 1.54) is 12.1 Å². The Kier molecular flexibility index (Phi) is 4.99. The summed E-state index contributed by atoms with van der Waals surface area (Å²) in [6, 6.07) is 7.94. The van der Waals surface area contributed by atoms with E-state index in [1.807, 2.05) is 19.9 Å². The minimum atomic E-state index is -4.33. The third kappa shape index (κ3) is 4.32. The van der Waals surface area contributed by atoms with Gasteiger partial charge < -0.3 is 10.4 Å². The van der Waals surface area contributed by atoms with E-state index in [4.69, 9.17) is 5.11 Å². The molecular weight excluding hydrogens is 359 g/mol. The number of carbonyl (C=O) groups is 1. The van der Waals surface area contributed by atoms with Gasteiger partial charge in [-0.2, -0.15) is 18.3 Å². The van der Waals surface area contributed by atoms with Gasteiger partial charge in [0.2, 0.25) is 0 Å². The molecule has 0 radical (unpaired) electrons. The van der Waals surface area contributed by atoms with Crippen LogP contribution in [-0.4, -0.2) is 27.0 Å². The number of aromatic carboxylic acids is 1. The molecule has 2 N–H and O–H groups in total. The molecule has 1 aliphatic rings. The zero-order chi connectivity index (χ0) is 19.8. The van der Waals surface area contributed by atoms with E-state index in [9.17, 15) is 18.0 Å². The summed E-state index contributed by atoms with van der Waals surface area (Å²) in [5.74, 6) is -1.07. The van der Waals surface area contributed by atoms with Crippen LogP contribution in [0.5, 0.6) is 0 Å². The van der Waals surface area contributed by atoms with Crippen LogP contribution in [0.15, 0.2) is 36.4 Å². The molecule has 0 fully saturated rings. The average molecular weight is 379 g/mol. The quantitative estimate of drug-likeness (QED) is 0.811. The molecule has 144 valence electrons. The summed E-state index contributed by atoms with van der Waals surface area (Å²) in [7, 11) is 0. The molecule has 1 aromatic heterocycles. The van der Waals surface area contributed by atoms with Crippen molar-refractivity contribution in [2.75, 3.05) is 0 Å². The molecule has 1 aliphatic heterocycles. The molecule has 2 heterocycles. The third-order valence-electron chi connectivity index (χ3n) is 4.44. The van der Waals surface area contributed by atoms with Crippen molar-refractivity contribution in [3.05, 3.63) is 58.9 Å². The Labute approximate surface area is 154 Å². The minimum Gasteiger partial charge on any atom is -0.478 e. The van der Waals surface area contributed by atoms with Crippen molar-refractivity contribution in [2.24, 2.45) is 0 Å². The number of aromatic nitrogens is 2. The van der Waals surface area contributed by atoms with Gasteiger partial charge in [-0.05, 0) is 36.1 Å². The van der Waals surface area contributed by atoms with Crippen LogP contribution in [-0.2, 0) is 6.54 Å². The molecule has 0 aliphatic carbocycles. The molecule has 5 nitrogen and oxygen atoms in total. The van der Waals surface area contributed by atoms with Crippen LogP contribution in [0.1, 0.15) is 59.5 Å². The second-order valence-electron chi connectivity index (χ2n) is 6.85. The van der Waals surface area contributed by atoms with Gasteiger partial charge in [0.15, 0.2) is 0 Å². The normalized spacial score (nSPS) is 17.1. The van der Waals surface area contributed by atoms with E-state index in [-0.39, 0.29) is 17.5 Å². The molecule has 8 heteroatoms. The topological polar surface area (TPSA) is 67.2 Å². The number of carboxylic acid groups (broad SMARTS) is 1. The fourth-order valence-electron chi connectivity index (χ4n) is 3.11. The van der Waals surface area contributed by atoms with Crippen LogP contribution in [0.2, 0.25) is 0 Å². The summed E-state index contributed by atoms with van der Waals surface area (Å²) >= 11 is 0. The highest BCUT2D eigenvalue weighted by Gasteiger charge is 2.31. The van der Waals surface area contributed by atoms with Gasteiger partial charge in [-0.1, -0.05) is 32.1 Å². The van der Waals surface area contributed by atoms with Gasteiger partial charge in [-0.3, -0.25) is 4.68 Å². The van der Waals surface area contributed by atoms with Crippen molar-refractivity contribution in [3.8, 4) is 0 Å². The monoisotopic (exact) mass is 379 g/mol. The van der Waals surface area contributed by atoms with Crippen LogP contribution < -0.4 is 5.32 Å². The number of carboxylic acids is 1. The van der Waals surface area contributed by atoms with Crippen LogP contribution in [0, 0.1) is 0 Å². The Morgan fingerprint density at radius 3 is 2.56 bits per heavy atom. The second kappa shape index (κ2) is 7.09. The summed E-state index contributed by atoms with van der Waals surface area (Å²) < 4.78 is 39.5. The van der Waals surface area contributed by atoms with Gasteiger partial charge in [0, 0.05) is 11.4 Å². The molecule has 0 spiro atoms. The largest absolute Gasteiger partial charge is 0.478 e. The lowest BCUT2D eigenvalue weighted by Gasteiger charge is -2.13. The Bertz CT molecular complexity index is 867. The number of benzene rings is 1. The van der Waals surface area contributed by atoms with Gasteiger partial charge in [0.1, 0.15) is 6.54 Å². The molecule has 1 aromatic carbocycles. The first-order valence-electron chi connectivity index (χ1n) is 8.59. The molecule has 0 saturated heterocycles. The number of nitrogens with one attached hydrogen (secondary N) is 1. The lowest BCUT2D eigenvalue weighted by molar-refractivity contribution is -0.143. The molecule has 27 heavy (non-hydrogen) atoms. The SMILES string of the molecule is CC(C)c1cc(C2CC=C(c3ccc(C(=O)O)cc3)N2)nn1CC(F)(F)F. The number of hydrogen-bond acceptors (Lipinski definition) is 3. The number of nitrogens with zero attached hydrogens (tertiary/aromatic N) is 2. The zero-order valence-corrected chi connectivity index (χ0v) is 14.9. The summed E-state index contributed by atoms with van der Waals surface area (Å²) in [5, 5.41) is 16.4. The van der Waals surface area contributed by atoms with Crippen molar-refractivity contribution in [1.29, 1.82) is 0 Å². The number of alkyl halides is 3. The maximum absolute atomic E-state index is 12.8. The molecule has 2 aromatic rings. The van der Waals surface area contributed by atoms with Crippen molar-refractivity contribution >= 4 is 11.7 Å². The Morgan fingerprint density at radius 2 is 2.00 bits per heavy atom. The Hall–Kier alpha value is -2.77. The van der Waals surface area contributed by atoms with E-state index in [0.29, 0.717) is 17.8 Å². The van der Waals surface area contributed by atoms with E-state index >= 15 is 0 Å². The summed E-state index contributed by atoms with van der Waals surface area (Å²) in [6.07, 6.45) is -1.79. The fourth-order valence-corrected chi connectivity index (χ4v) is 3.11. The predicted octanol–water partition coefficient (Wildman–Crippen LogP) is 4.34. The van der Waals surface area contributed by atoms with Crippen LogP contribution >= 0.6 is 0 Å².